The van der Waals surface area contributed by atoms with E-state index in [0.717, 1.165) is 11.1 Å². The van der Waals surface area contributed by atoms with Crippen molar-refractivity contribution in [3.05, 3.63) is 80.4 Å². The molecule has 1 fully saturated rings. The van der Waals surface area contributed by atoms with E-state index in [0.29, 0.717) is 44.4 Å². The Balaban J connectivity index is 1.61. The van der Waals surface area contributed by atoms with Crippen molar-refractivity contribution in [2.75, 3.05) is 11.5 Å². The second kappa shape index (κ2) is 9.21. The van der Waals surface area contributed by atoms with E-state index in [1.54, 1.807) is 48.5 Å². The van der Waals surface area contributed by atoms with Gasteiger partial charge < -0.3 is 9.15 Å². The maximum Gasteiger partial charge on any atom is 0.280 e. The van der Waals surface area contributed by atoms with E-state index in [1.165, 1.54) is 22.7 Å². The van der Waals surface area contributed by atoms with Crippen LogP contribution in [-0.4, -0.2) is 21.8 Å². The molecule has 0 saturated carbocycles. The zero-order chi connectivity index (χ0) is 23.7. The van der Waals surface area contributed by atoms with E-state index >= 15 is 0 Å². The summed E-state index contributed by atoms with van der Waals surface area (Å²) in [7, 11) is 0. The molecule has 0 aliphatic carbocycles. The van der Waals surface area contributed by atoms with E-state index in [2.05, 4.69) is 0 Å². The standard InChI is InChI=1S/C24H20N2O5S2/c1-4-30-17-7-5-16(6-8-17)25-23(27)22(33-24(25)32)13-18-9-10-21(31-18)19-11-14(2)15(3)12-20(19)26(28)29/h5-13H,4H2,1-3H3/b22-13-. The fourth-order valence-corrected chi connectivity index (χ4v) is 4.68. The van der Waals surface area contributed by atoms with Gasteiger partial charge in [0.2, 0.25) is 0 Å². The first-order valence-electron chi connectivity index (χ1n) is 10.1. The van der Waals surface area contributed by atoms with E-state index in [-0.39, 0.29) is 11.6 Å². The molecule has 0 atom stereocenters. The molecule has 1 aliphatic heterocycles. The molecule has 0 spiro atoms. The van der Waals surface area contributed by atoms with Crippen molar-refractivity contribution >= 4 is 51.7 Å². The first-order chi connectivity index (χ1) is 15.8. The molecule has 1 aromatic heterocycles. The normalized spacial score (nSPS) is 14.9. The second-order valence-corrected chi connectivity index (χ2v) is 9.03. The third-order valence-electron chi connectivity index (χ3n) is 5.17. The average Bonchev–Trinajstić information content (AvgIpc) is 3.35. The molecule has 0 N–H and O–H groups in total. The van der Waals surface area contributed by atoms with Crippen LogP contribution in [0.3, 0.4) is 0 Å². The molecule has 4 rings (SSSR count). The number of carbonyl (C=O) groups excluding carboxylic acids is 1. The number of nitrogens with zero attached hydrogens (tertiary/aromatic N) is 2. The minimum atomic E-state index is -0.425. The van der Waals surface area contributed by atoms with Crippen molar-refractivity contribution < 1.29 is 18.9 Å². The first kappa shape index (κ1) is 22.8. The predicted octanol–water partition coefficient (Wildman–Crippen LogP) is 6.28. The molecule has 0 unspecified atom stereocenters. The maximum absolute atomic E-state index is 13.0. The van der Waals surface area contributed by atoms with Crippen LogP contribution >= 0.6 is 24.0 Å². The summed E-state index contributed by atoms with van der Waals surface area (Å²) >= 11 is 6.59. The van der Waals surface area contributed by atoms with Gasteiger partial charge in [-0.05, 0) is 74.4 Å². The highest BCUT2D eigenvalue weighted by Gasteiger charge is 2.33. The Labute approximate surface area is 200 Å². The topological polar surface area (TPSA) is 85.8 Å². The van der Waals surface area contributed by atoms with Crippen LogP contribution in [0, 0.1) is 24.0 Å². The van der Waals surface area contributed by atoms with Gasteiger partial charge in [0, 0.05) is 12.1 Å². The number of hydrogen-bond acceptors (Lipinski definition) is 7. The van der Waals surface area contributed by atoms with Gasteiger partial charge in [0.25, 0.3) is 11.6 Å². The lowest BCUT2D eigenvalue weighted by molar-refractivity contribution is -0.384. The van der Waals surface area contributed by atoms with E-state index in [4.69, 9.17) is 21.4 Å². The molecule has 168 valence electrons. The molecule has 2 aromatic carbocycles. The number of thioether (sulfide) groups is 1. The number of ether oxygens (including phenoxy) is 1. The first-order valence-corrected chi connectivity index (χ1v) is 11.4. The van der Waals surface area contributed by atoms with Crippen LogP contribution < -0.4 is 9.64 Å². The maximum atomic E-state index is 13.0. The quantitative estimate of drug-likeness (QED) is 0.178. The highest BCUT2D eigenvalue weighted by Crippen LogP contribution is 2.38. The lowest BCUT2D eigenvalue weighted by Crippen LogP contribution is -2.27. The van der Waals surface area contributed by atoms with Crippen molar-refractivity contribution in [1.82, 2.24) is 0 Å². The van der Waals surface area contributed by atoms with Gasteiger partial charge in [-0.25, -0.2) is 0 Å². The summed E-state index contributed by atoms with van der Waals surface area (Å²) in [6.45, 7) is 6.17. The van der Waals surface area contributed by atoms with E-state index < -0.39 is 4.92 Å². The fraction of sp³-hybridized carbons (Fsp3) is 0.167. The minimum absolute atomic E-state index is 0.0270. The van der Waals surface area contributed by atoms with Crippen LogP contribution in [0.25, 0.3) is 17.4 Å². The monoisotopic (exact) mass is 480 g/mol. The molecular weight excluding hydrogens is 460 g/mol. The summed E-state index contributed by atoms with van der Waals surface area (Å²) in [6.07, 6.45) is 1.60. The average molecular weight is 481 g/mol. The van der Waals surface area contributed by atoms with Gasteiger partial charge in [-0.3, -0.25) is 19.8 Å². The van der Waals surface area contributed by atoms with Crippen molar-refractivity contribution in [2.24, 2.45) is 0 Å². The Morgan fingerprint density at radius 2 is 1.85 bits per heavy atom. The third-order valence-corrected chi connectivity index (χ3v) is 6.48. The minimum Gasteiger partial charge on any atom is -0.494 e. The largest absolute Gasteiger partial charge is 0.494 e. The van der Waals surface area contributed by atoms with Gasteiger partial charge in [-0.15, -0.1) is 0 Å². The van der Waals surface area contributed by atoms with Crippen molar-refractivity contribution in [2.45, 2.75) is 20.8 Å². The molecule has 33 heavy (non-hydrogen) atoms. The number of benzene rings is 2. The number of carbonyl (C=O) groups is 1. The Morgan fingerprint density at radius 1 is 1.15 bits per heavy atom. The highest BCUT2D eigenvalue weighted by atomic mass is 32.2. The Morgan fingerprint density at radius 3 is 2.52 bits per heavy atom. The summed E-state index contributed by atoms with van der Waals surface area (Å²) in [6, 6.07) is 13.8. The number of nitro benzene ring substituents is 1. The summed E-state index contributed by atoms with van der Waals surface area (Å²) < 4.78 is 11.7. The molecule has 0 bridgehead atoms. The zero-order valence-corrected chi connectivity index (χ0v) is 19.8. The highest BCUT2D eigenvalue weighted by molar-refractivity contribution is 8.27. The number of anilines is 1. The molecule has 3 aromatic rings. The van der Waals surface area contributed by atoms with Gasteiger partial charge in [0.1, 0.15) is 17.3 Å². The molecule has 1 saturated heterocycles. The Bertz CT molecular complexity index is 1290. The number of furan rings is 1. The van der Waals surface area contributed by atoms with Gasteiger partial charge in [-0.1, -0.05) is 24.0 Å². The zero-order valence-electron chi connectivity index (χ0n) is 18.2. The van der Waals surface area contributed by atoms with Crippen LogP contribution in [-0.2, 0) is 4.79 Å². The molecule has 0 radical (unpaired) electrons. The Kier molecular flexibility index (Phi) is 6.35. The van der Waals surface area contributed by atoms with Crippen LogP contribution in [0.4, 0.5) is 11.4 Å². The van der Waals surface area contributed by atoms with Crippen molar-refractivity contribution in [3.8, 4) is 17.1 Å². The van der Waals surface area contributed by atoms with Crippen molar-refractivity contribution in [3.63, 3.8) is 0 Å². The number of amides is 1. The SMILES string of the molecule is CCOc1ccc(N2C(=O)/C(=C/c3ccc(-c4cc(C)c(C)cc4[N+](=O)[O-])o3)SC2=S)cc1. The Hall–Kier alpha value is -3.43. The van der Waals surface area contributed by atoms with Gasteiger partial charge >= 0.3 is 0 Å². The lowest BCUT2D eigenvalue weighted by Gasteiger charge is -2.15. The number of nitro groups is 1. The van der Waals surface area contributed by atoms with Gasteiger partial charge in [0.15, 0.2) is 4.32 Å². The molecular formula is C24H20N2O5S2. The molecule has 7 nitrogen and oxygen atoms in total. The molecule has 2 heterocycles. The van der Waals surface area contributed by atoms with Crippen molar-refractivity contribution in [1.29, 1.82) is 0 Å². The second-order valence-electron chi connectivity index (χ2n) is 7.36. The molecule has 9 heteroatoms. The van der Waals surface area contributed by atoms with Crippen LogP contribution in [0.5, 0.6) is 5.75 Å². The number of rotatable bonds is 6. The number of thiocarbonyl (C=S) groups is 1. The van der Waals surface area contributed by atoms with Gasteiger partial charge in [0.05, 0.1) is 27.7 Å². The summed E-state index contributed by atoms with van der Waals surface area (Å²) in [4.78, 5) is 26.0. The summed E-state index contributed by atoms with van der Waals surface area (Å²) in [5, 5.41) is 11.5. The summed E-state index contributed by atoms with van der Waals surface area (Å²) in [5.41, 5.74) is 2.76. The van der Waals surface area contributed by atoms with E-state index in [9.17, 15) is 14.9 Å². The smallest absolute Gasteiger partial charge is 0.280 e. The fourth-order valence-electron chi connectivity index (χ4n) is 3.40. The van der Waals surface area contributed by atoms with Crippen LogP contribution in [0.2, 0.25) is 0 Å². The molecule has 1 amide bonds. The van der Waals surface area contributed by atoms with E-state index in [1.807, 2.05) is 20.8 Å². The molecule has 1 aliphatic rings. The summed E-state index contributed by atoms with van der Waals surface area (Å²) in [5.74, 6) is 1.22. The lowest BCUT2D eigenvalue weighted by atomic mass is 10.0. The van der Waals surface area contributed by atoms with Crippen LogP contribution in [0.15, 0.2) is 57.9 Å². The number of hydrogen-bond donors (Lipinski definition) is 0. The number of aryl methyl sites for hydroxylation is 2. The van der Waals surface area contributed by atoms with Crippen LogP contribution in [0.1, 0.15) is 23.8 Å². The van der Waals surface area contributed by atoms with Gasteiger partial charge in [-0.2, -0.15) is 0 Å². The predicted molar refractivity (Wildman–Crippen MR) is 134 cm³/mol. The third kappa shape index (κ3) is 4.55.